The fraction of sp³-hybridized carbons (Fsp3) is 0.667. The van der Waals surface area contributed by atoms with Gasteiger partial charge in [0, 0.05) is 38.8 Å². The number of carbonyl (C=O) groups excluding carboxylic acids is 1. The monoisotopic (exact) mass is 300 g/mol. The van der Waals surface area contributed by atoms with Gasteiger partial charge in [-0.1, -0.05) is 0 Å². The summed E-state index contributed by atoms with van der Waals surface area (Å²) < 4.78 is 28.1. The standard InChI is InChI=1S/C12H20N4O3S/c1-2-16-10-11(9-13-16)20(18,19)14-6-4-8-15-7-3-5-12(15)17/h9-10,14H,2-8H2,1H3. The van der Waals surface area contributed by atoms with Crippen molar-refractivity contribution in [1.29, 1.82) is 0 Å². The minimum absolute atomic E-state index is 0.164. The predicted octanol–water partition coefficient (Wildman–Crippen LogP) is 0.194. The van der Waals surface area contributed by atoms with Crippen molar-refractivity contribution >= 4 is 15.9 Å². The van der Waals surface area contributed by atoms with Crippen molar-refractivity contribution in [1.82, 2.24) is 19.4 Å². The number of aromatic nitrogens is 2. The molecule has 0 saturated carbocycles. The van der Waals surface area contributed by atoms with Gasteiger partial charge in [0.25, 0.3) is 0 Å². The Kier molecular flexibility index (Phi) is 4.77. The summed E-state index contributed by atoms with van der Waals surface area (Å²) in [6.45, 7) is 4.24. The van der Waals surface area contributed by atoms with Gasteiger partial charge in [-0.15, -0.1) is 0 Å². The van der Waals surface area contributed by atoms with Crippen molar-refractivity contribution in [3.8, 4) is 0 Å². The van der Waals surface area contributed by atoms with Gasteiger partial charge >= 0.3 is 0 Å². The largest absolute Gasteiger partial charge is 0.343 e. The lowest BCUT2D eigenvalue weighted by atomic mass is 10.4. The molecule has 8 heteroatoms. The summed E-state index contributed by atoms with van der Waals surface area (Å²) in [4.78, 5) is 13.4. The number of amides is 1. The number of hydrogen-bond donors (Lipinski definition) is 1. The molecule has 1 N–H and O–H groups in total. The Labute approximate surface area is 119 Å². The lowest BCUT2D eigenvalue weighted by Crippen LogP contribution is -2.30. The first-order chi connectivity index (χ1) is 9.53. The second-order valence-electron chi connectivity index (χ2n) is 4.77. The summed E-state index contributed by atoms with van der Waals surface area (Å²) in [7, 11) is -3.50. The number of sulfonamides is 1. The number of likely N-dealkylation sites (tertiary alicyclic amines) is 1. The first kappa shape index (κ1) is 15.0. The van der Waals surface area contributed by atoms with Gasteiger partial charge in [-0.05, 0) is 19.8 Å². The molecule has 20 heavy (non-hydrogen) atoms. The average molecular weight is 300 g/mol. The first-order valence-corrected chi connectivity index (χ1v) is 8.31. The molecule has 0 radical (unpaired) electrons. The van der Waals surface area contributed by atoms with Crippen LogP contribution in [0.2, 0.25) is 0 Å². The lowest BCUT2D eigenvalue weighted by Gasteiger charge is -2.15. The van der Waals surface area contributed by atoms with E-state index in [0.717, 1.165) is 13.0 Å². The van der Waals surface area contributed by atoms with E-state index in [9.17, 15) is 13.2 Å². The van der Waals surface area contributed by atoms with Crippen molar-refractivity contribution in [3.63, 3.8) is 0 Å². The fourth-order valence-corrected chi connectivity index (χ4v) is 3.18. The van der Waals surface area contributed by atoms with Crippen LogP contribution in [-0.2, 0) is 21.4 Å². The Morgan fingerprint density at radius 1 is 1.45 bits per heavy atom. The molecule has 112 valence electrons. The van der Waals surface area contributed by atoms with Gasteiger partial charge in [0.05, 0.1) is 6.20 Å². The first-order valence-electron chi connectivity index (χ1n) is 6.83. The molecule has 0 unspecified atom stereocenters. The maximum atomic E-state index is 12.0. The maximum absolute atomic E-state index is 12.0. The molecule has 7 nitrogen and oxygen atoms in total. The zero-order valence-electron chi connectivity index (χ0n) is 11.6. The normalized spacial score (nSPS) is 16.1. The number of carbonyl (C=O) groups is 1. The van der Waals surface area contributed by atoms with Crippen molar-refractivity contribution < 1.29 is 13.2 Å². The van der Waals surface area contributed by atoms with E-state index in [0.29, 0.717) is 32.5 Å². The summed E-state index contributed by atoms with van der Waals surface area (Å²) in [5, 5.41) is 3.95. The van der Waals surface area contributed by atoms with Crippen LogP contribution in [0.4, 0.5) is 0 Å². The van der Waals surface area contributed by atoms with Gasteiger partial charge in [0.15, 0.2) is 0 Å². The second kappa shape index (κ2) is 6.36. The Balaban J connectivity index is 1.79. The molecule has 0 spiro atoms. The third-order valence-corrected chi connectivity index (χ3v) is 4.73. The SMILES string of the molecule is CCn1cc(S(=O)(=O)NCCCN2CCCC2=O)cn1. The molecule has 1 saturated heterocycles. The summed E-state index contributed by atoms with van der Waals surface area (Å²) in [5.41, 5.74) is 0. The van der Waals surface area contributed by atoms with Crippen LogP contribution in [0.25, 0.3) is 0 Å². The zero-order valence-corrected chi connectivity index (χ0v) is 12.4. The summed E-state index contributed by atoms with van der Waals surface area (Å²) in [6, 6.07) is 0. The maximum Gasteiger partial charge on any atom is 0.243 e. The summed E-state index contributed by atoms with van der Waals surface area (Å²) in [5.74, 6) is 0.164. The molecule has 1 aliphatic heterocycles. The van der Waals surface area contributed by atoms with Crippen LogP contribution in [-0.4, -0.2) is 48.6 Å². The highest BCUT2D eigenvalue weighted by atomic mass is 32.2. The highest BCUT2D eigenvalue weighted by molar-refractivity contribution is 7.89. The molecule has 2 heterocycles. The van der Waals surface area contributed by atoms with Crippen LogP contribution in [0.15, 0.2) is 17.3 Å². The van der Waals surface area contributed by atoms with Gasteiger partial charge in [-0.2, -0.15) is 5.10 Å². The number of aryl methyl sites for hydroxylation is 1. The fourth-order valence-electron chi connectivity index (χ4n) is 2.16. The van der Waals surface area contributed by atoms with Crippen LogP contribution in [0, 0.1) is 0 Å². The van der Waals surface area contributed by atoms with E-state index in [1.807, 2.05) is 6.92 Å². The van der Waals surface area contributed by atoms with E-state index in [-0.39, 0.29) is 10.8 Å². The van der Waals surface area contributed by atoms with Crippen LogP contribution >= 0.6 is 0 Å². The molecule has 0 bridgehead atoms. The molecule has 0 aliphatic carbocycles. The predicted molar refractivity (Wildman–Crippen MR) is 73.5 cm³/mol. The van der Waals surface area contributed by atoms with Crippen molar-refractivity contribution in [2.24, 2.45) is 0 Å². The number of nitrogens with one attached hydrogen (secondary N) is 1. The van der Waals surface area contributed by atoms with Gasteiger partial charge in [0.2, 0.25) is 15.9 Å². The molecule has 0 aromatic carbocycles. The molecule has 2 rings (SSSR count). The Morgan fingerprint density at radius 3 is 2.85 bits per heavy atom. The molecule has 1 aromatic heterocycles. The van der Waals surface area contributed by atoms with Crippen LogP contribution in [0.5, 0.6) is 0 Å². The molecule has 1 aromatic rings. The van der Waals surface area contributed by atoms with Gasteiger partial charge < -0.3 is 4.90 Å². The van der Waals surface area contributed by atoms with E-state index in [1.54, 1.807) is 9.58 Å². The minimum atomic E-state index is -3.50. The van der Waals surface area contributed by atoms with Crippen molar-refractivity contribution in [3.05, 3.63) is 12.4 Å². The van der Waals surface area contributed by atoms with Crippen LogP contribution in [0.1, 0.15) is 26.2 Å². The smallest absolute Gasteiger partial charge is 0.243 e. The van der Waals surface area contributed by atoms with E-state index in [1.165, 1.54) is 12.4 Å². The van der Waals surface area contributed by atoms with E-state index in [4.69, 9.17) is 0 Å². The third-order valence-electron chi connectivity index (χ3n) is 3.31. The molecular formula is C12H20N4O3S. The summed E-state index contributed by atoms with van der Waals surface area (Å²) in [6.07, 6.45) is 4.98. The minimum Gasteiger partial charge on any atom is -0.343 e. The highest BCUT2D eigenvalue weighted by Crippen LogP contribution is 2.10. The van der Waals surface area contributed by atoms with Crippen LogP contribution in [0.3, 0.4) is 0 Å². The number of rotatable bonds is 7. The molecule has 1 amide bonds. The molecule has 1 aliphatic rings. The van der Waals surface area contributed by atoms with E-state index in [2.05, 4.69) is 9.82 Å². The highest BCUT2D eigenvalue weighted by Gasteiger charge is 2.20. The van der Waals surface area contributed by atoms with Gasteiger partial charge in [0.1, 0.15) is 4.90 Å². The summed E-state index contributed by atoms with van der Waals surface area (Å²) >= 11 is 0. The Bertz CT molecular complexity index is 567. The Hall–Kier alpha value is -1.41. The molecule has 0 atom stereocenters. The average Bonchev–Trinajstić information content (AvgIpc) is 3.04. The Morgan fingerprint density at radius 2 is 2.25 bits per heavy atom. The molecule has 1 fully saturated rings. The van der Waals surface area contributed by atoms with Crippen LogP contribution < -0.4 is 4.72 Å². The molecular weight excluding hydrogens is 280 g/mol. The number of nitrogens with zero attached hydrogens (tertiary/aromatic N) is 3. The van der Waals surface area contributed by atoms with Crippen molar-refractivity contribution in [2.45, 2.75) is 37.6 Å². The quantitative estimate of drug-likeness (QED) is 0.729. The van der Waals surface area contributed by atoms with Gasteiger partial charge in [-0.3, -0.25) is 9.48 Å². The number of hydrogen-bond acceptors (Lipinski definition) is 4. The van der Waals surface area contributed by atoms with Crippen molar-refractivity contribution in [2.75, 3.05) is 19.6 Å². The van der Waals surface area contributed by atoms with E-state index >= 15 is 0 Å². The lowest BCUT2D eigenvalue weighted by molar-refractivity contribution is -0.127. The third kappa shape index (κ3) is 3.57. The van der Waals surface area contributed by atoms with Gasteiger partial charge in [-0.25, -0.2) is 13.1 Å². The van der Waals surface area contributed by atoms with E-state index < -0.39 is 10.0 Å². The second-order valence-corrected chi connectivity index (χ2v) is 6.53. The zero-order chi connectivity index (χ0) is 14.6. The topological polar surface area (TPSA) is 84.3 Å².